The lowest BCUT2D eigenvalue weighted by molar-refractivity contribution is -0.114. The number of nitrogens with one attached hydrogen (secondary N) is 1. The Morgan fingerprint density at radius 3 is 2.73 bits per heavy atom. The summed E-state index contributed by atoms with van der Waals surface area (Å²) in [5.74, 6) is -0.544. The highest BCUT2D eigenvalue weighted by molar-refractivity contribution is 8.15. The number of sulfone groups is 1. The van der Waals surface area contributed by atoms with Crippen molar-refractivity contribution in [2.75, 3.05) is 28.3 Å². The summed E-state index contributed by atoms with van der Waals surface area (Å²) in [5, 5.41) is 3.25. The zero-order chi connectivity index (χ0) is 21.5. The molecule has 0 aromatic heterocycles. The van der Waals surface area contributed by atoms with E-state index in [1.807, 2.05) is 31.2 Å². The highest BCUT2D eigenvalue weighted by Crippen LogP contribution is 2.36. The van der Waals surface area contributed by atoms with Gasteiger partial charge >= 0.3 is 0 Å². The van der Waals surface area contributed by atoms with Crippen LogP contribution in [0.15, 0.2) is 47.5 Å². The Kier molecular flexibility index (Phi) is 5.59. The van der Waals surface area contributed by atoms with Gasteiger partial charge in [-0.25, -0.2) is 12.8 Å². The third-order valence-corrected chi connectivity index (χ3v) is 8.35. The van der Waals surface area contributed by atoms with Crippen LogP contribution in [0, 0.1) is 19.7 Å². The molecule has 2 aliphatic rings. The van der Waals surface area contributed by atoms with E-state index in [4.69, 9.17) is 0 Å². The number of aliphatic imine (C=N–C) groups is 1. The molecule has 4 rings (SSSR count). The van der Waals surface area contributed by atoms with Crippen LogP contribution in [0.5, 0.6) is 0 Å². The van der Waals surface area contributed by atoms with Crippen molar-refractivity contribution < 1.29 is 17.6 Å². The van der Waals surface area contributed by atoms with Crippen LogP contribution in [0.25, 0.3) is 0 Å². The summed E-state index contributed by atoms with van der Waals surface area (Å²) < 4.78 is 37.6. The number of thioether (sulfide) groups is 1. The molecule has 2 aliphatic heterocycles. The van der Waals surface area contributed by atoms with Crippen LogP contribution in [-0.4, -0.2) is 48.8 Å². The number of hydrogen-bond donors (Lipinski definition) is 1. The number of aryl methyl sites for hydroxylation is 2. The fraction of sp³-hybridized carbons (Fsp3) is 0.333. The number of amides is 1. The predicted octanol–water partition coefficient (Wildman–Crippen LogP) is 3.16. The van der Waals surface area contributed by atoms with Gasteiger partial charge in [0.25, 0.3) is 0 Å². The van der Waals surface area contributed by atoms with E-state index in [0.29, 0.717) is 16.4 Å². The molecule has 6 nitrogen and oxygen atoms in total. The number of hydrogen-bond acceptors (Lipinski definition) is 6. The smallest absolute Gasteiger partial charge is 0.244 e. The van der Waals surface area contributed by atoms with Crippen LogP contribution in [0.3, 0.4) is 0 Å². The van der Waals surface area contributed by atoms with Gasteiger partial charge in [0.1, 0.15) is 12.4 Å². The average molecular weight is 448 g/mol. The molecule has 1 saturated heterocycles. The maximum Gasteiger partial charge on any atom is 0.244 e. The van der Waals surface area contributed by atoms with E-state index < -0.39 is 9.84 Å². The molecule has 2 aromatic carbocycles. The minimum Gasteiger partial charge on any atom is -0.324 e. The number of halogens is 1. The number of carbonyl (C=O) groups excluding carboxylic acids is 1. The van der Waals surface area contributed by atoms with Crippen molar-refractivity contribution in [3.63, 3.8) is 0 Å². The molecular weight excluding hydrogens is 425 g/mol. The van der Waals surface area contributed by atoms with Crippen LogP contribution >= 0.6 is 11.8 Å². The third kappa shape index (κ3) is 4.52. The van der Waals surface area contributed by atoms with Crippen molar-refractivity contribution in [1.82, 2.24) is 0 Å². The number of fused-ring (bicyclic) bond motifs is 1. The Morgan fingerprint density at radius 2 is 2.03 bits per heavy atom. The van der Waals surface area contributed by atoms with Crippen molar-refractivity contribution in [2.24, 2.45) is 4.99 Å². The second kappa shape index (κ2) is 8.03. The highest BCUT2D eigenvalue weighted by Gasteiger charge is 2.44. The number of nitrogens with zero attached hydrogens (tertiary/aromatic N) is 2. The minimum absolute atomic E-state index is 0.0169. The van der Waals surface area contributed by atoms with E-state index in [2.05, 4.69) is 10.3 Å². The zero-order valence-electron chi connectivity index (χ0n) is 16.6. The molecule has 1 fully saturated rings. The van der Waals surface area contributed by atoms with Crippen molar-refractivity contribution >= 4 is 44.0 Å². The van der Waals surface area contributed by atoms with Crippen LogP contribution < -0.4 is 10.2 Å². The average Bonchev–Trinajstić information content (AvgIpc) is 3.16. The Hall–Kier alpha value is -2.39. The summed E-state index contributed by atoms with van der Waals surface area (Å²) in [6.45, 7) is 3.60. The van der Waals surface area contributed by atoms with E-state index in [-0.39, 0.29) is 41.1 Å². The molecule has 30 heavy (non-hydrogen) atoms. The Labute approximate surface area is 179 Å². The lowest BCUT2D eigenvalue weighted by Crippen LogP contribution is -2.36. The lowest BCUT2D eigenvalue weighted by atomic mass is 10.2. The molecule has 0 radical (unpaired) electrons. The van der Waals surface area contributed by atoms with Gasteiger partial charge in [0.05, 0.1) is 17.5 Å². The largest absolute Gasteiger partial charge is 0.324 e. The first-order chi connectivity index (χ1) is 14.2. The Bertz CT molecular complexity index is 1130. The van der Waals surface area contributed by atoms with E-state index >= 15 is 0 Å². The van der Waals surface area contributed by atoms with Gasteiger partial charge in [-0.05, 0) is 49.2 Å². The summed E-state index contributed by atoms with van der Waals surface area (Å²) in [5.41, 5.74) is 2.73. The van der Waals surface area contributed by atoms with E-state index in [9.17, 15) is 17.6 Å². The summed E-state index contributed by atoms with van der Waals surface area (Å²) in [4.78, 5) is 19.2. The molecule has 0 bridgehead atoms. The highest BCUT2D eigenvalue weighted by atomic mass is 32.2. The molecule has 0 spiro atoms. The Balaban J connectivity index is 1.57. The monoisotopic (exact) mass is 447 g/mol. The van der Waals surface area contributed by atoms with Crippen LogP contribution in [0.2, 0.25) is 0 Å². The maximum atomic E-state index is 13.8. The maximum absolute atomic E-state index is 13.8. The van der Waals surface area contributed by atoms with Crippen molar-refractivity contribution in [3.05, 3.63) is 59.4 Å². The van der Waals surface area contributed by atoms with Crippen molar-refractivity contribution in [2.45, 2.75) is 25.1 Å². The first kappa shape index (κ1) is 20.9. The fourth-order valence-corrected chi connectivity index (χ4v) is 7.33. The summed E-state index contributed by atoms with van der Waals surface area (Å²) >= 11 is 1.40. The molecule has 0 saturated carbocycles. The van der Waals surface area contributed by atoms with Crippen molar-refractivity contribution in [3.8, 4) is 0 Å². The number of benzene rings is 2. The van der Waals surface area contributed by atoms with E-state index in [0.717, 1.165) is 11.3 Å². The number of carbonyl (C=O) groups is 1. The second-order valence-corrected chi connectivity index (χ2v) is 11.0. The molecular formula is C21H22FN3O3S2. The van der Waals surface area contributed by atoms with Gasteiger partial charge in [-0.3, -0.25) is 9.79 Å². The molecule has 2 heterocycles. The minimum atomic E-state index is -3.06. The summed E-state index contributed by atoms with van der Waals surface area (Å²) in [6, 6.07) is 12.0. The summed E-state index contributed by atoms with van der Waals surface area (Å²) in [7, 11) is -3.06. The van der Waals surface area contributed by atoms with Crippen LogP contribution in [-0.2, 0) is 14.6 Å². The van der Waals surface area contributed by atoms with Crippen LogP contribution in [0.1, 0.15) is 11.1 Å². The van der Waals surface area contributed by atoms with Gasteiger partial charge in [0, 0.05) is 16.6 Å². The zero-order valence-corrected chi connectivity index (χ0v) is 18.3. The molecule has 1 N–H and O–H groups in total. The fourth-order valence-electron chi connectivity index (χ4n) is 3.55. The number of rotatable bonds is 4. The number of amidine groups is 1. The van der Waals surface area contributed by atoms with Crippen molar-refractivity contribution in [1.29, 1.82) is 0 Å². The van der Waals surface area contributed by atoms with Crippen LogP contribution in [0.4, 0.5) is 15.8 Å². The molecule has 0 aliphatic carbocycles. The molecule has 2 unspecified atom stereocenters. The number of anilines is 2. The second-order valence-electron chi connectivity index (χ2n) is 7.65. The summed E-state index contributed by atoms with van der Waals surface area (Å²) in [6.07, 6.45) is 0. The molecule has 158 valence electrons. The van der Waals surface area contributed by atoms with Gasteiger partial charge in [0.15, 0.2) is 15.0 Å². The first-order valence-corrected chi connectivity index (χ1v) is 12.3. The topological polar surface area (TPSA) is 78.8 Å². The quantitative estimate of drug-likeness (QED) is 0.779. The molecule has 9 heteroatoms. The normalized spacial score (nSPS) is 21.8. The SMILES string of the molecule is Cc1cccc(N(CC(=O)Nc2ccc(C)c(F)c2)C2=NC3CS(=O)(=O)CC3S2)c1. The molecule has 2 aromatic rings. The molecule has 1 amide bonds. The first-order valence-electron chi connectivity index (χ1n) is 9.55. The third-order valence-electron chi connectivity index (χ3n) is 5.11. The van der Waals surface area contributed by atoms with Gasteiger partial charge in [-0.2, -0.15) is 0 Å². The lowest BCUT2D eigenvalue weighted by Gasteiger charge is -2.24. The van der Waals surface area contributed by atoms with Gasteiger partial charge in [0.2, 0.25) is 5.91 Å². The Morgan fingerprint density at radius 1 is 1.23 bits per heavy atom. The predicted molar refractivity (Wildman–Crippen MR) is 120 cm³/mol. The molecule has 2 atom stereocenters. The van der Waals surface area contributed by atoms with E-state index in [1.54, 1.807) is 24.0 Å². The van der Waals surface area contributed by atoms with Gasteiger partial charge in [-0.15, -0.1) is 0 Å². The van der Waals surface area contributed by atoms with Gasteiger partial charge < -0.3 is 10.2 Å². The van der Waals surface area contributed by atoms with Gasteiger partial charge in [-0.1, -0.05) is 30.0 Å². The van der Waals surface area contributed by atoms with E-state index in [1.165, 1.54) is 17.8 Å². The standard InChI is InChI=1S/C21H22FN3O3S2/c1-13-4-3-5-16(8-13)25(21-24-18-11-30(27,28)12-19(18)29-21)10-20(26)23-15-7-6-14(2)17(22)9-15/h3-9,18-19H,10-12H2,1-2H3,(H,23,26).